The number of nitrogens with zero attached hydrogens (tertiary/aromatic N) is 2. The van der Waals surface area contributed by atoms with Crippen LogP contribution in [0.1, 0.15) is 46.5 Å². The lowest BCUT2D eigenvalue weighted by atomic mass is 10.1. The molecule has 1 aromatic heterocycles. The van der Waals surface area contributed by atoms with E-state index in [4.69, 9.17) is 11.5 Å². The van der Waals surface area contributed by atoms with Crippen molar-refractivity contribution in [3.63, 3.8) is 0 Å². The molecule has 0 saturated carbocycles. The molecule has 0 bridgehead atoms. The second-order valence-electron chi connectivity index (χ2n) is 9.97. The normalized spacial score (nSPS) is 12.3. The van der Waals surface area contributed by atoms with Crippen molar-refractivity contribution in [3.05, 3.63) is 82.5 Å². The Kier molecular flexibility index (Phi) is 9.77. The molecule has 0 unspecified atom stereocenters. The highest BCUT2D eigenvalue weighted by molar-refractivity contribution is 7.80. The Labute approximate surface area is 235 Å². The summed E-state index contributed by atoms with van der Waals surface area (Å²) in [6.45, 7) is 12.4. The third-order valence-corrected chi connectivity index (χ3v) is 7.08. The molecule has 9 heteroatoms. The Balaban J connectivity index is 0.000000353. The van der Waals surface area contributed by atoms with Crippen LogP contribution >= 0.6 is 12.6 Å². The molecule has 39 heavy (non-hydrogen) atoms. The van der Waals surface area contributed by atoms with E-state index >= 15 is 0 Å². The minimum atomic E-state index is -0.734. The van der Waals surface area contributed by atoms with E-state index in [1.165, 1.54) is 16.7 Å². The van der Waals surface area contributed by atoms with E-state index in [1.807, 2.05) is 36.9 Å². The molecule has 1 heterocycles. The zero-order chi connectivity index (χ0) is 28.9. The maximum Gasteiger partial charge on any atom is 0.251 e. The van der Waals surface area contributed by atoms with Crippen molar-refractivity contribution >= 4 is 41.0 Å². The average molecular weight is 547 g/mol. The number of benzene rings is 3. The van der Waals surface area contributed by atoms with Crippen molar-refractivity contribution in [1.29, 1.82) is 0 Å². The highest BCUT2D eigenvalue weighted by Gasteiger charge is 2.15. The fourth-order valence-corrected chi connectivity index (χ4v) is 4.32. The molecule has 0 spiro atoms. The zero-order valence-electron chi connectivity index (χ0n) is 23.4. The number of nitrogens with two attached hydrogens (primary N) is 2. The van der Waals surface area contributed by atoms with Crippen LogP contribution < -0.4 is 22.1 Å². The van der Waals surface area contributed by atoms with E-state index in [1.54, 1.807) is 19.1 Å². The lowest BCUT2D eigenvalue weighted by Gasteiger charge is -2.15. The molecule has 4 aromatic rings. The van der Waals surface area contributed by atoms with Gasteiger partial charge in [0.15, 0.2) is 0 Å². The number of rotatable bonds is 7. The first kappa shape index (κ1) is 29.7. The first-order chi connectivity index (χ1) is 18.4. The number of primary amides is 1. The van der Waals surface area contributed by atoms with E-state index in [0.29, 0.717) is 12.1 Å². The van der Waals surface area contributed by atoms with Gasteiger partial charge < -0.3 is 22.1 Å². The van der Waals surface area contributed by atoms with Gasteiger partial charge in [-0.3, -0.25) is 9.59 Å². The first-order valence-corrected chi connectivity index (χ1v) is 13.3. The molecule has 206 valence electrons. The van der Waals surface area contributed by atoms with Gasteiger partial charge in [-0.15, -0.1) is 12.6 Å². The van der Waals surface area contributed by atoms with Crippen LogP contribution in [0.2, 0.25) is 0 Å². The summed E-state index contributed by atoms with van der Waals surface area (Å²) >= 11 is 4.36. The molecule has 6 N–H and O–H groups in total. The summed E-state index contributed by atoms with van der Waals surface area (Å²) in [5, 5.41) is 11.5. The Hall–Kier alpha value is -3.82. The van der Waals surface area contributed by atoms with Crippen LogP contribution in [0.4, 0.5) is 5.69 Å². The van der Waals surface area contributed by atoms with Gasteiger partial charge in [0, 0.05) is 34.1 Å². The van der Waals surface area contributed by atoms with E-state index in [2.05, 4.69) is 73.4 Å². The topological polar surface area (TPSA) is 128 Å². The molecule has 8 nitrogen and oxygen atoms in total. The van der Waals surface area contributed by atoms with Gasteiger partial charge in [-0.1, -0.05) is 17.7 Å². The Morgan fingerprint density at radius 3 is 2.13 bits per heavy atom. The molecular weight excluding hydrogens is 508 g/mol. The summed E-state index contributed by atoms with van der Waals surface area (Å²) < 4.78 is 1.83. The summed E-state index contributed by atoms with van der Waals surface area (Å²) in [7, 11) is 0. The zero-order valence-corrected chi connectivity index (χ0v) is 24.3. The quantitative estimate of drug-likeness (QED) is 0.217. The molecule has 3 aromatic carbocycles. The van der Waals surface area contributed by atoms with Gasteiger partial charge in [-0.05, 0) is 94.6 Å². The predicted octanol–water partition coefficient (Wildman–Crippen LogP) is 4.60. The Morgan fingerprint density at radius 1 is 0.974 bits per heavy atom. The number of anilines is 1. The number of aromatic nitrogens is 2. The van der Waals surface area contributed by atoms with Crippen molar-refractivity contribution in [3.8, 4) is 5.69 Å². The van der Waals surface area contributed by atoms with Crippen LogP contribution in [-0.4, -0.2) is 40.2 Å². The van der Waals surface area contributed by atoms with Gasteiger partial charge in [-0.25, -0.2) is 4.68 Å². The molecule has 4 rings (SSSR count). The fraction of sp³-hybridized carbons (Fsp3) is 0.300. The van der Waals surface area contributed by atoms with Crippen molar-refractivity contribution in [2.24, 2.45) is 11.5 Å². The third kappa shape index (κ3) is 7.40. The molecule has 0 aliphatic rings. The van der Waals surface area contributed by atoms with Crippen LogP contribution in [0.3, 0.4) is 0 Å². The second kappa shape index (κ2) is 12.8. The van der Waals surface area contributed by atoms with E-state index < -0.39 is 11.9 Å². The molecule has 0 fully saturated rings. The van der Waals surface area contributed by atoms with Crippen molar-refractivity contribution in [1.82, 2.24) is 15.1 Å². The van der Waals surface area contributed by atoms with Crippen LogP contribution in [-0.2, 0) is 4.79 Å². The van der Waals surface area contributed by atoms with Crippen LogP contribution in [0.15, 0.2) is 59.6 Å². The van der Waals surface area contributed by atoms with Gasteiger partial charge in [0.1, 0.15) is 6.04 Å². The number of hydrogen-bond donors (Lipinski definition) is 5. The number of thiol groups is 1. The largest absolute Gasteiger partial charge is 0.381 e. The van der Waals surface area contributed by atoms with E-state index in [0.717, 1.165) is 32.7 Å². The number of amides is 2. The number of aryl methyl sites for hydroxylation is 4. The fourth-order valence-electron chi connectivity index (χ4n) is 4.19. The molecular formula is C30H38N6O2S. The summed E-state index contributed by atoms with van der Waals surface area (Å²) in [5.41, 5.74) is 19.1. The second-order valence-corrected chi connectivity index (χ2v) is 10.4. The molecule has 2 atom stereocenters. The van der Waals surface area contributed by atoms with Gasteiger partial charge in [0.2, 0.25) is 5.91 Å². The average Bonchev–Trinajstić information content (AvgIpc) is 3.31. The maximum atomic E-state index is 12.2. The minimum absolute atomic E-state index is 0.143. The van der Waals surface area contributed by atoms with Crippen molar-refractivity contribution < 1.29 is 9.59 Å². The highest BCUT2D eigenvalue weighted by Crippen LogP contribution is 2.28. The van der Waals surface area contributed by atoms with E-state index in [9.17, 15) is 9.59 Å². The predicted molar refractivity (Wildman–Crippen MR) is 162 cm³/mol. The minimum Gasteiger partial charge on any atom is -0.381 e. The van der Waals surface area contributed by atoms with E-state index in [-0.39, 0.29) is 11.9 Å². The SMILES string of the molecule is Cc1cc(C)c(S)c(C)c1.Cc1cc(N[C@H](C)CN)c2cnn(-c3ccc(C(=O)N[C@@H](C)C(N)=O)cc3)c2c1. The Bertz CT molecular complexity index is 1460. The van der Waals surface area contributed by atoms with Gasteiger partial charge in [-0.2, -0.15) is 5.10 Å². The molecule has 0 radical (unpaired) electrons. The van der Waals surface area contributed by atoms with Crippen LogP contribution in [0.25, 0.3) is 16.6 Å². The van der Waals surface area contributed by atoms with Gasteiger partial charge >= 0.3 is 0 Å². The Morgan fingerprint density at radius 2 is 1.56 bits per heavy atom. The number of fused-ring (bicyclic) bond motifs is 1. The molecule has 0 aliphatic heterocycles. The van der Waals surface area contributed by atoms with Gasteiger partial charge in [0.05, 0.1) is 17.4 Å². The summed E-state index contributed by atoms with van der Waals surface area (Å²) in [5.74, 6) is -0.937. The highest BCUT2D eigenvalue weighted by atomic mass is 32.1. The molecule has 2 amide bonds. The summed E-state index contributed by atoms with van der Waals surface area (Å²) in [4.78, 5) is 24.5. The van der Waals surface area contributed by atoms with Crippen molar-refractivity contribution in [2.75, 3.05) is 11.9 Å². The molecule has 0 aliphatic carbocycles. The number of nitrogens with one attached hydrogen (secondary N) is 2. The number of carbonyl (C=O) groups is 2. The van der Waals surface area contributed by atoms with Crippen LogP contribution in [0, 0.1) is 27.7 Å². The maximum absolute atomic E-state index is 12.2. The lowest BCUT2D eigenvalue weighted by Crippen LogP contribution is -2.42. The standard InChI is InChI=1S/C21H26N6O2.C9H12S/c1-12-8-18(25-13(2)10-22)17-11-24-27(19(17)9-12)16-6-4-15(5-7-16)21(29)26-14(3)20(23)28;1-6-4-7(2)9(10)8(3)5-6/h4-9,11,13-14,25H,10,22H2,1-3H3,(H2,23,28)(H,26,29);4-5,10H,1-3H3/t13-,14+;/m1./s1. The third-order valence-electron chi connectivity index (χ3n) is 6.37. The summed E-state index contributed by atoms with van der Waals surface area (Å²) in [6.07, 6.45) is 1.81. The van der Waals surface area contributed by atoms with Gasteiger partial charge in [0.25, 0.3) is 5.91 Å². The number of hydrogen-bond acceptors (Lipinski definition) is 6. The monoisotopic (exact) mass is 546 g/mol. The summed E-state index contributed by atoms with van der Waals surface area (Å²) in [6, 6.07) is 14.9. The first-order valence-electron chi connectivity index (χ1n) is 12.8. The number of carbonyl (C=O) groups excluding carboxylic acids is 2. The van der Waals surface area contributed by atoms with Crippen molar-refractivity contribution in [2.45, 2.75) is 58.5 Å². The molecule has 0 saturated heterocycles. The van der Waals surface area contributed by atoms with Crippen LogP contribution in [0.5, 0.6) is 0 Å². The lowest BCUT2D eigenvalue weighted by molar-refractivity contribution is -0.119. The smallest absolute Gasteiger partial charge is 0.251 e.